The first-order valence-corrected chi connectivity index (χ1v) is 9.85. The molecular weight excluding hydrogens is 376 g/mol. The maximum atomic E-state index is 11.8. The second-order valence-corrected chi connectivity index (χ2v) is 7.90. The smallest absolute Gasteiger partial charge is 0.337 e. The molecule has 4 rings (SSSR count). The molecule has 30 heavy (non-hydrogen) atoms. The van der Waals surface area contributed by atoms with Crippen molar-refractivity contribution in [3.05, 3.63) is 89.3 Å². The third-order valence-corrected chi connectivity index (χ3v) is 5.39. The minimum atomic E-state index is -0.979. The van der Waals surface area contributed by atoms with Crippen molar-refractivity contribution in [3.8, 4) is 5.82 Å². The van der Waals surface area contributed by atoms with Crippen LogP contribution in [0.15, 0.2) is 72.5 Å². The largest absolute Gasteiger partial charge is 0.478 e. The van der Waals surface area contributed by atoms with Crippen LogP contribution in [0.25, 0.3) is 5.82 Å². The second kappa shape index (κ2) is 7.63. The Bertz CT molecular complexity index is 1160. The van der Waals surface area contributed by atoms with Crippen LogP contribution in [0, 0.1) is 6.92 Å². The van der Waals surface area contributed by atoms with E-state index in [-0.39, 0.29) is 11.0 Å². The van der Waals surface area contributed by atoms with E-state index in [0.717, 1.165) is 17.7 Å². The zero-order valence-corrected chi connectivity index (χ0v) is 17.3. The molecule has 0 amide bonds. The molecule has 3 aromatic rings. The van der Waals surface area contributed by atoms with E-state index in [1.54, 1.807) is 23.0 Å². The Hall–Kier alpha value is -3.67. The number of nitrogens with zero attached hydrogens (tertiary/aromatic N) is 3. The Morgan fingerprint density at radius 3 is 2.70 bits per heavy atom. The van der Waals surface area contributed by atoms with E-state index in [0.29, 0.717) is 17.3 Å². The van der Waals surface area contributed by atoms with E-state index >= 15 is 0 Å². The van der Waals surface area contributed by atoms with E-state index in [4.69, 9.17) is 5.10 Å². The lowest BCUT2D eigenvalue weighted by atomic mass is 9.79. The summed E-state index contributed by atoms with van der Waals surface area (Å²) in [7, 11) is 0. The highest BCUT2D eigenvalue weighted by atomic mass is 16.4. The molecule has 0 fully saturated rings. The number of carboxylic acids is 1. The highest BCUT2D eigenvalue weighted by Crippen LogP contribution is 2.35. The predicted octanol–water partition coefficient (Wildman–Crippen LogP) is 5.18. The van der Waals surface area contributed by atoms with Crippen molar-refractivity contribution in [2.75, 3.05) is 5.32 Å². The number of aromatic nitrogens is 3. The van der Waals surface area contributed by atoms with Crippen molar-refractivity contribution in [3.63, 3.8) is 0 Å². The first-order valence-electron chi connectivity index (χ1n) is 9.85. The van der Waals surface area contributed by atoms with Gasteiger partial charge in [0.05, 0.1) is 16.9 Å². The van der Waals surface area contributed by atoms with Crippen LogP contribution in [0.5, 0.6) is 0 Å². The molecule has 0 saturated heterocycles. The highest BCUT2D eigenvalue weighted by Gasteiger charge is 2.29. The molecule has 6 nitrogen and oxygen atoms in total. The summed E-state index contributed by atoms with van der Waals surface area (Å²) in [5, 5.41) is 17.8. The molecule has 152 valence electrons. The fraction of sp³-hybridized carbons (Fsp3) is 0.208. The van der Waals surface area contributed by atoms with Crippen molar-refractivity contribution in [1.29, 1.82) is 0 Å². The first-order chi connectivity index (χ1) is 14.4. The molecular formula is C24H24N4O2. The first kappa shape index (κ1) is 19.6. The van der Waals surface area contributed by atoms with Gasteiger partial charge in [-0.15, -0.1) is 0 Å². The number of carboxylic acid groups (broad SMARTS) is 1. The second-order valence-electron chi connectivity index (χ2n) is 7.90. The zero-order chi connectivity index (χ0) is 21.3. The fourth-order valence-corrected chi connectivity index (χ4v) is 3.50. The number of hydrogen-bond donors (Lipinski definition) is 2. The van der Waals surface area contributed by atoms with Gasteiger partial charge in [-0.1, -0.05) is 48.4 Å². The third-order valence-electron chi connectivity index (χ3n) is 5.39. The van der Waals surface area contributed by atoms with Crippen LogP contribution in [0.1, 0.15) is 41.9 Å². The number of aryl methyl sites for hydroxylation is 1. The lowest BCUT2D eigenvalue weighted by molar-refractivity contribution is 0.0698. The Kier molecular flexibility index (Phi) is 4.99. The van der Waals surface area contributed by atoms with Gasteiger partial charge in [0.2, 0.25) is 0 Å². The molecule has 1 aliphatic rings. The average Bonchev–Trinajstić information content (AvgIpc) is 3.17. The maximum absolute atomic E-state index is 11.8. The molecule has 0 saturated carbocycles. The van der Waals surface area contributed by atoms with Crippen LogP contribution in [0.2, 0.25) is 0 Å². The predicted molar refractivity (Wildman–Crippen MR) is 118 cm³/mol. The molecule has 1 atom stereocenters. The summed E-state index contributed by atoms with van der Waals surface area (Å²) in [6.07, 6.45) is 9.04. The van der Waals surface area contributed by atoms with Gasteiger partial charge in [0.15, 0.2) is 5.82 Å². The zero-order valence-electron chi connectivity index (χ0n) is 17.3. The minimum Gasteiger partial charge on any atom is -0.478 e. The molecule has 0 radical (unpaired) electrons. The van der Waals surface area contributed by atoms with Crippen molar-refractivity contribution >= 4 is 17.5 Å². The summed E-state index contributed by atoms with van der Waals surface area (Å²) >= 11 is 0. The number of anilines is 2. The van der Waals surface area contributed by atoms with E-state index in [2.05, 4.69) is 42.4 Å². The van der Waals surface area contributed by atoms with Crippen LogP contribution < -0.4 is 5.32 Å². The van der Waals surface area contributed by atoms with Gasteiger partial charge in [0, 0.05) is 17.7 Å². The van der Waals surface area contributed by atoms with Gasteiger partial charge >= 0.3 is 5.97 Å². The topological polar surface area (TPSA) is 80.0 Å². The van der Waals surface area contributed by atoms with Crippen LogP contribution in [0.4, 0.5) is 11.5 Å². The third kappa shape index (κ3) is 3.76. The number of nitrogens with one attached hydrogen (secondary N) is 1. The summed E-state index contributed by atoms with van der Waals surface area (Å²) in [5.74, 6) is 0.342. The number of pyridine rings is 1. The highest BCUT2D eigenvalue weighted by molar-refractivity contribution is 5.95. The standard InChI is InChI=1S/C24H24N4O2/c1-16-9-11-24(3,12-10-16)20-15-22(28(27-20)21-6-4-5-13-25-21)26-19-8-7-17(2)14-18(19)23(29)30/h4-11,13-15,26H,12H2,1-3H3,(H,29,30). The van der Waals surface area contributed by atoms with Gasteiger partial charge in [-0.3, -0.25) is 0 Å². The molecule has 1 unspecified atom stereocenters. The number of hydrogen-bond acceptors (Lipinski definition) is 4. The minimum absolute atomic E-state index is 0.215. The average molecular weight is 400 g/mol. The van der Waals surface area contributed by atoms with E-state index < -0.39 is 5.97 Å². The molecule has 0 aliphatic heterocycles. The fourth-order valence-electron chi connectivity index (χ4n) is 3.50. The Labute approximate surface area is 175 Å². The van der Waals surface area contributed by atoms with E-state index in [1.165, 1.54) is 5.57 Å². The van der Waals surface area contributed by atoms with Crippen LogP contribution in [-0.4, -0.2) is 25.8 Å². The van der Waals surface area contributed by atoms with Gasteiger partial charge in [0.1, 0.15) is 5.82 Å². The van der Waals surface area contributed by atoms with Crippen molar-refractivity contribution in [2.45, 2.75) is 32.6 Å². The van der Waals surface area contributed by atoms with E-state index in [1.807, 2.05) is 37.3 Å². The summed E-state index contributed by atoms with van der Waals surface area (Å²) in [4.78, 5) is 16.2. The van der Waals surface area contributed by atoms with Crippen LogP contribution in [0.3, 0.4) is 0 Å². The van der Waals surface area contributed by atoms with Crippen molar-refractivity contribution in [2.24, 2.45) is 0 Å². The van der Waals surface area contributed by atoms with Crippen LogP contribution >= 0.6 is 0 Å². The SMILES string of the molecule is CC1=CCC(C)(c2cc(Nc3ccc(C)cc3C(=O)O)n(-c3ccccn3)n2)C=C1. The molecule has 1 aromatic carbocycles. The lowest BCUT2D eigenvalue weighted by Gasteiger charge is -2.25. The van der Waals surface area contributed by atoms with Crippen LogP contribution in [-0.2, 0) is 5.41 Å². The van der Waals surface area contributed by atoms with Gasteiger partial charge in [0.25, 0.3) is 0 Å². The number of allylic oxidation sites excluding steroid dienone is 4. The Morgan fingerprint density at radius 1 is 1.20 bits per heavy atom. The van der Waals surface area contributed by atoms with Gasteiger partial charge < -0.3 is 10.4 Å². The quantitative estimate of drug-likeness (QED) is 0.617. The van der Waals surface area contributed by atoms with Crippen molar-refractivity contribution < 1.29 is 9.90 Å². The molecule has 6 heteroatoms. The molecule has 2 aromatic heterocycles. The maximum Gasteiger partial charge on any atom is 0.337 e. The summed E-state index contributed by atoms with van der Waals surface area (Å²) < 4.78 is 1.73. The van der Waals surface area contributed by atoms with Crippen molar-refractivity contribution in [1.82, 2.24) is 14.8 Å². The normalized spacial score (nSPS) is 18.2. The summed E-state index contributed by atoms with van der Waals surface area (Å²) in [5.41, 5.74) is 3.49. The Balaban J connectivity index is 1.81. The summed E-state index contributed by atoms with van der Waals surface area (Å²) in [6.45, 7) is 6.11. The number of rotatable bonds is 5. The number of benzene rings is 1. The monoisotopic (exact) mass is 400 g/mol. The van der Waals surface area contributed by atoms with Gasteiger partial charge in [-0.2, -0.15) is 9.78 Å². The molecule has 0 bridgehead atoms. The Morgan fingerprint density at radius 2 is 2.03 bits per heavy atom. The van der Waals surface area contributed by atoms with Gasteiger partial charge in [-0.05, 0) is 44.5 Å². The molecule has 0 spiro atoms. The summed E-state index contributed by atoms with van der Waals surface area (Å²) in [6, 6.07) is 12.9. The van der Waals surface area contributed by atoms with Gasteiger partial charge in [-0.25, -0.2) is 9.78 Å². The van der Waals surface area contributed by atoms with E-state index in [9.17, 15) is 9.90 Å². The molecule has 2 N–H and O–H groups in total. The molecule has 1 aliphatic carbocycles. The number of carbonyl (C=O) groups is 1. The molecule has 2 heterocycles. The lowest BCUT2D eigenvalue weighted by Crippen LogP contribution is -2.21. The number of aromatic carboxylic acids is 1.